The lowest BCUT2D eigenvalue weighted by molar-refractivity contribution is 0.146. The number of alkyl halides is 3. The molecule has 0 bridgehead atoms. The van der Waals surface area contributed by atoms with E-state index in [0.717, 1.165) is 5.56 Å². The van der Waals surface area contributed by atoms with Crippen molar-refractivity contribution in [2.75, 3.05) is 5.73 Å². The van der Waals surface area contributed by atoms with Crippen LogP contribution in [0.25, 0.3) is 0 Å². The molecule has 2 N–H and O–H groups in total. The number of aromatic nitrogens is 1. The highest BCUT2D eigenvalue weighted by atomic mass is 79.9. The summed E-state index contributed by atoms with van der Waals surface area (Å²) in [5.41, 5.74) is 6.98. The molecule has 1 heterocycles. The molecule has 1 aromatic rings. The van der Waals surface area contributed by atoms with Gasteiger partial charge in [-0.15, -0.1) is 0 Å². The van der Waals surface area contributed by atoms with Gasteiger partial charge < -0.3 is 5.73 Å². The topological polar surface area (TPSA) is 38.9 Å². The molecule has 0 spiro atoms. The molecular weight excluding hydrogens is 242 g/mol. The highest BCUT2D eigenvalue weighted by Gasteiger charge is 2.12. The van der Waals surface area contributed by atoms with Crippen molar-refractivity contribution in [1.82, 2.24) is 4.98 Å². The van der Waals surface area contributed by atoms with E-state index in [4.69, 9.17) is 5.73 Å². The van der Waals surface area contributed by atoms with Gasteiger partial charge in [0.15, 0.2) is 0 Å². The Labute approximate surface area is 83.3 Å². The minimum absolute atomic E-state index is 0.264. The van der Waals surface area contributed by atoms with Gasteiger partial charge in [-0.1, -0.05) is 15.9 Å². The van der Waals surface area contributed by atoms with Crippen LogP contribution in [0.1, 0.15) is 23.4 Å². The molecule has 72 valence electrons. The Morgan fingerprint density at radius 1 is 1.62 bits per heavy atom. The average Bonchev–Trinajstić information content (AvgIpc) is 2.03. The first-order chi connectivity index (χ1) is 6.06. The Kier molecular flexibility index (Phi) is 3.19. The highest BCUT2D eigenvalue weighted by Crippen LogP contribution is 2.24. The summed E-state index contributed by atoms with van der Waals surface area (Å²) in [4.78, 5) is 3.74. The van der Waals surface area contributed by atoms with Crippen LogP contribution in [0, 0.1) is 6.92 Å². The fraction of sp³-hybridized carbons (Fsp3) is 0.375. The van der Waals surface area contributed by atoms with Crippen LogP contribution in [0.2, 0.25) is 0 Å². The molecule has 13 heavy (non-hydrogen) atoms. The van der Waals surface area contributed by atoms with Crippen LogP contribution in [0.4, 0.5) is 14.5 Å². The number of halogens is 3. The van der Waals surface area contributed by atoms with Crippen molar-refractivity contribution in [2.24, 2.45) is 0 Å². The number of aryl methyl sites for hydroxylation is 1. The first kappa shape index (κ1) is 10.4. The largest absolute Gasteiger partial charge is 0.398 e. The predicted molar refractivity (Wildman–Crippen MR) is 51.0 cm³/mol. The summed E-state index contributed by atoms with van der Waals surface area (Å²) in [5, 5.41) is 0.529. The number of pyridine rings is 1. The molecule has 0 unspecified atom stereocenters. The molecule has 0 amide bonds. The summed E-state index contributed by atoms with van der Waals surface area (Å²) in [6.45, 7) is 1.67. The second-order valence-electron chi connectivity index (χ2n) is 2.63. The highest BCUT2D eigenvalue weighted by molar-refractivity contribution is 9.08. The van der Waals surface area contributed by atoms with E-state index in [1.54, 1.807) is 6.92 Å². The fourth-order valence-corrected chi connectivity index (χ4v) is 1.76. The van der Waals surface area contributed by atoms with Gasteiger partial charge in [-0.25, -0.2) is 8.78 Å². The van der Waals surface area contributed by atoms with Crippen molar-refractivity contribution in [3.8, 4) is 0 Å². The fourth-order valence-electron chi connectivity index (χ4n) is 1.03. The third kappa shape index (κ3) is 2.15. The van der Waals surface area contributed by atoms with E-state index in [9.17, 15) is 8.78 Å². The van der Waals surface area contributed by atoms with E-state index in [1.165, 1.54) is 6.07 Å². The van der Waals surface area contributed by atoms with Gasteiger partial charge in [0.1, 0.15) is 5.69 Å². The molecule has 0 saturated heterocycles. The van der Waals surface area contributed by atoms with Crippen molar-refractivity contribution < 1.29 is 8.78 Å². The maximum Gasteiger partial charge on any atom is 0.280 e. The lowest BCUT2D eigenvalue weighted by Crippen LogP contribution is -2.02. The van der Waals surface area contributed by atoms with Crippen LogP contribution in [0.5, 0.6) is 0 Å². The van der Waals surface area contributed by atoms with E-state index < -0.39 is 6.43 Å². The third-order valence-corrected chi connectivity index (χ3v) is 2.30. The van der Waals surface area contributed by atoms with Gasteiger partial charge >= 0.3 is 0 Å². The Bertz CT molecular complexity index is 292. The summed E-state index contributed by atoms with van der Waals surface area (Å²) in [7, 11) is 0. The molecule has 1 rings (SSSR count). The van der Waals surface area contributed by atoms with Gasteiger partial charge in [0, 0.05) is 22.3 Å². The Morgan fingerprint density at radius 3 is 2.62 bits per heavy atom. The Morgan fingerprint density at radius 2 is 2.23 bits per heavy atom. The van der Waals surface area contributed by atoms with E-state index in [1.807, 2.05) is 0 Å². The number of rotatable bonds is 2. The molecule has 0 aliphatic rings. The molecule has 2 nitrogen and oxygen atoms in total. The maximum absolute atomic E-state index is 12.2. The van der Waals surface area contributed by atoms with E-state index in [0.29, 0.717) is 16.7 Å². The first-order valence-corrected chi connectivity index (χ1v) is 4.78. The van der Waals surface area contributed by atoms with Crippen molar-refractivity contribution in [3.63, 3.8) is 0 Å². The lowest BCUT2D eigenvalue weighted by Gasteiger charge is -2.08. The van der Waals surface area contributed by atoms with Gasteiger partial charge in [0.05, 0.1) is 0 Å². The zero-order valence-corrected chi connectivity index (χ0v) is 8.61. The molecule has 0 fully saturated rings. The normalized spacial score (nSPS) is 10.8. The summed E-state index contributed by atoms with van der Waals surface area (Å²) in [5.74, 6) is 0. The third-order valence-electron chi connectivity index (χ3n) is 1.74. The molecule has 0 atom stereocenters. The van der Waals surface area contributed by atoms with Crippen LogP contribution in [0.15, 0.2) is 6.07 Å². The Balaban J connectivity index is 3.20. The van der Waals surface area contributed by atoms with Crippen molar-refractivity contribution in [3.05, 3.63) is 23.0 Å². The average molecular weight is 251 g/mol. The minimum atomic E-state index is -2.56. The van der Waals surface area contributed by atoms with Crippen molar-refractivity contribution >= 4 is 21.6 Å². The number of anilines is 1. The SMILES string of the molecule is Cc1nc(C(F)F)cc(N)c1CBr. The van der Waals surface area contributed by atoms with E-state index in [-0.39, 0.29) is 5.69 Å². The van der Waals surface area contributed by atoms with Crippen molar-refractivity contribution in [2.45, 2.75) is 18.7 Å². The van der Waals surface area contributed by atoms with E-state index >= 15 is 0 Å². The van der Waals surface area contributed by atoms with Gasteiger partial charge in [-0.2, -0.15) is 0 Å². The van der Waals surface area contributed by atoms with Gasteiger partial charge in [-0.3, -0.25) is 4.98 Å². The van der Waals surface area contributed by atoms with Crippen LogP contribution in [-0.2, 0) is 5.33 Å². The molecule has 0 aliphatic heterocycles. The summed E-state index contributed by atoms with van der Waals surface area (Å²) >= 11 is 3.21. The second kappa shape index (κ2) is 4.00. The van der Waals surface area contributed by atoms with Crippen LogP contribution in [-0.4, -0.2) is 4.98 Å². The number of nitrogen functional groups attached to an aromatic ring is 1. The molecule has 1 aromatic heterocycles. The minimum Gasteiger partial charge on any atom is -0.398 e. The quantitative estimate of drug-likeness (QED) is 0.821. The smallest absolute Gasteiger partial charge is 0.280 e. The summed E-state index contributed by atoms with van der Waals surface area (Å²) in [6, 6.07) is 1.22. The van der Waals surface area contributed by atoms with Crippen LogP contribution in [0.3, 0.4) is 0 Å². The zero-order chi connectivity index (χ0) is 10.0. The van der Waals surface area contributed by atoms with E-state index in [2.05, 4.69) is 20.9 Å². The van der Waals surface area contributed by atoms with Crippen molar-refractivity contribution in [1.29, 1.82) is 0 Å². The molecular formula is C8H9BrF2N2. The number of hydrogen-bond donors (Lipinski definition) is 1. The maximum atomic E-state index is 12.2. The molecule has 0 aliphatic carbocycles. The van der Waals surface area contributed by atoms with Crippen LogP contribution < -0.4 is 5.73 Å². The molecule has 5 heteroatoms. The summed E-state index contributed by atoms with van der Waals surface area (Å²) in [6.07, 6.45) is -2.56. The van der Waals surface area contributed by atoms with Gasteiger partial charge in [-0.05, 0) is 13.0 Å². The number of hydrogen-bond acceptors (Lipinski definition) is 2. The predicted octanol–water partition coefficient (Wildman–Crippen LogP) is 2.80. The molecule has 0 saturated carbocycles. The van der Waals surface area contributed by atoms with Crippen LogP contribution >= 0.6 is 15.9 Å². The first-order valence-electron chi connectivity index (χ1n) is 3.66. The zero-order valence-electron chi connectivity index (χ0n) is 7.02. The monoisotopic (exact) mass is 250 g/mol. The lowest BCUT2D eigenvalue weighted by atomic mass is 10.1. The Hall–Kier alpha value is -0.710. The molecule has 0 aromatic carbocycles. The number of nitrogens with zero attached hydrogens (tertiary/aromatic N) is 1. The second-order valence-corrected chi connectivity index (χ2v) is 3.20. The summed E-state index contributed by atoms with van der Waals surface area (Å²) < 4.78 is 24.5. The number of nitrogens with two attached hydrogens (primary N) is 1. The molecule has 0 radical (unpaired) electrons. The standard InChI is InChI=1S/C8H9BrF2N2/c1-4-5(3-9)6(12)2-7(13-4)8(10)11/h2,8H,3H2,1H3,(H2,12,13). The van der Waals surface area contributed by atoms with Gasteiger partial charge in [0.2, 0.25) is 0 Å². The van der Waals surface area contributed by atoms with Gasteiger partial charge in [0.25, 0.3) is 6.43 Å².